The molecule has 0 radical (unpaired) electrons. The third kappa shape index (κ3) is 3.73. The summed E-state index contributed by atoms with van der Waals surface area (Å²) >= 11 is 0. The lowest BCUT2D eigenvalue weighted by Crippen LogP contribution is -2.56. The highest BCUT2D eigenvalue weighted by molar-refractivity contribution is 7.87. The van der Waals surface area contributed by atoms with Crippen molar-refractivity contribution in [1.29, 1.82) is 0 Å². The van der Waals surface area contributed by atoms with Crippen LogP contribution in [0.15, 0.2) is 42.5 Å². The third-order valence-corrected chi connectivity index (χ3v) is 10.4. The Morgan fingerprint density at radius 3 is 2.62 bits per heavy atom. The van der Waals surface area contributed by atoms with Crippen LogP contribution in [0.4, 0.5) is 13.2 Å². The third-order valence-electron chi connectivity index (χ3n) is 8.76. The number of hydrogen-bond acceptors (Lipinski definition) is 4. The molecule has 2 aromatic rings. The Kier molecular flexibility index (Phi) is 5.55. The predicted octanol–water partition coefficient (Wildman–Crippen LogP) is 2.81. The minimum atomic E-state index is -4.07. The number of benzene rings is 2. The van der Waals surface area contributed by atoms with Crippen LogP contribution in [0.25, 0.3) is 11.1 Å². The predicted molar refractivity (Wildman–Crippen MR) is 129 cm³/mol. The Hall–Kier alpha value is -2.47. The van der Waals surface area contributed by atoms with E-state index in [1.807, 2.05) is 0 Å². The van der Waals surface area contributed by atoms with Gasteiger partial charge in [-0.2, -0.15) is 17.4 Å². The maximum atomic E-state index is 16.9. The zero-order chi connectivity index (χ0) is 26.3. The molecule has 4 fully saturated rings. The summed E-state index contributed by atoms with van der Waals surface area (Å²) in [6, 6.07) is 7.95. The van der Waals surface area contributed by atoms with Crippen molar-refractivity contribution in [3.63, 3.8) is 0 Å². The molecule has 11 heteroatoms. The lowest BCUT2D eigenvalue weighted by Gasteiger charge is -2.34. The van der Waals surface area contributed by atoms with Crippen molar-refractivity contribution >= 4 is 16.1 Å². The maximum Gasteiger partial charge on any atom is 0.280 e. The average molecular weight is 536 g/mol. The van der Waals surface area contributed by atoms with Crippen molar-refractivity contribution in [2.75, 3.05) is 20.2 Å². The first kappa shape index (κ1) is 24.8. The number of nitrogens with zero attached hydrogens (tertiary/aromatic N) is 2. The van der Waals surface area contributed by atoms with E-state index in [0.29, 0.717) is 25.0 Å². The van der Waals surface area contributed by atoms with E-state index < -0.39 is 63.1 Å². The molecule has 1 aliphatic carbocycles. The summed E-state index contributed by atoms with van der Waals surface area (Å²) in [5.41, 5.74) is -2.26. The topological polar surface area (TPSA) is 79.0 Å². The number of carbonyl (C=O) groups excluding carboxylic acids is 1. The van der Waals surface area contributed by atoms with Gasteiger partial charge in [-0.15, -0.1) is 0 Å². The van der Waals surface area contributed by atoms with Gasteiger partial charge in [0, 0.05) is 30.5 Å². The van der Waals surface area contributed by atoms with Crippen molar-refractivity contribution in [3.8, 4) is 11.1 Å². The van der Waals surface area contributed by atoms with Crippen LogP contribution < -0.4 is 4.72 Å². The molecule has 3 unspecified atom stereocenters. The first-order valence-electron chi connectivity index (χ1n) is 12.4. The Bertz CT molecular complexity index is 1390. The van der Waals surface area contributed by atoms with Crippen molar-refractivity contribution < 1.29 is 31.1 Å². The Morgan fingerprint density at radius 2 is 1.95 bits per heavy atom. The summed E-state index contributed by atoms with van der Waals surface area (Å²) < 4.78 is 81.9. The second-order valence-corrected chi connectivity index (χ2v) is 12.5. The minimum Gasteiger partial charge on any atom is -0.368 e. The molecule has 0 aromatic heterocycles. The number of alkyl halides is 1. The highest BCUT2D eigenvalue weighted by Crippen LogP contribution is 2.61. The number of likely N-dealkylation sites (tertiary alicyclic amines) is 1. The summed E-state index contributed by atoms with van der Waals surface area (Å²) in [4.78, 5) is 14.7. The number of carbonyl (C=O) groups is 1. The summed E-state index contributed by atoms with van der Waals surface area (Å²) in [5, 5.41) is 0. The van der Waals surface area contributed by atoms with E-state index in [9.17, 15) is 17.6 Å². The van der Waals surface area contributed by atoms with Gasteiger partial charge in [-0.1, -0.05) is 30.3 Å². The van der Waals surface area contributed by atoms with E-state index in [0.717, 1.165) is 0 Å². The van der Waals surface area contributed by atoms with Crippen LogP contribution in [-0.2, 0) is 26.2 Å². The Labute approximate surface area is 213 Å². The number of amides is 1. The van der Waals surface area contributed by atoms with Gasteiger partial charge in [0.05, 0.1) is 25.2 Å². The van der Waals surface area contributed by atoms with Crippen molar-refractivity contribution in [1.82, 2.24) is 13.9 Å². The Morgan fingerprint density at radius 1 is 1.22 bits per heavy atom. The Balaban J connectivity index is 1.41. The van der Waals surface area contributed by atoms with Gasteiger partial charge in [0.2, 0.25) is 0 Å². The molecular formula is C26H28F3N3O4S. The van der Waals surface area contributed by atoms with Crippen LogP contribution in [0.5, 0.6) is 0 Å². The molecular weight excluding hydrogens is 507 g/mol. The van der Waals surface area contributed by atoms with E-state index in [-0.39, 0.29) is 24.1 Å². The van der Waals surface area contributed by atoms with E-state index in [2.05, 4.69) is 4.72 Å². The summed E-state index contributed by atoms with van der Waals surface area (Å²) in [6.07, 6.45) is -0.0261. The van der Waals surface area contributed by atoms with Crippen LogP contribution in [-0.4, -0.2) is 73.1 Å². The van der Waals surface area contributed by atoms with Gasteiger partial charge in [0.15, 0.2) is 5.67 Å². The molecule has 0 spiro atoms. The van der Waals surface area contributed by atoms with Gasteiger partial charge in [0.1, 0.15) is 17.7 Å². The molecule has 37 heavy (non-hydrogen) atoms. The maximum absolute atomic E-state index is 16.9. The van der Waals surface area contributed by atoms with Gasteiger partial charge in [-0.05, 0) is 43.0 Å². The molecule has 198 valence electrons. The fraction of sp³-hybridized carbons (Fsp3) is 0.500. The number of rotatable bonds is 4. The number of halogens is 3. The largest absolute Gasteiger partial charge is 0.368 e. The second kappa shape index (κ2) is 8.26. The van der Waals surface area contributed by atoms with Crippen molar-refractivity contribution in [2.24, 2.45) is 5.92 Å². The van der Waals surface area contributed by atoms with Crippen LogP contribution in [0.1, 0.15) is 25.3 Å². The molecule has 3 aliphatic heterocycles. The highest BCUT2D eigenvalue weighted by atomic mass is 32.2. The molecule has 1 N–H and O–H groups in total. The monoisotopic (exact) mass is 535 g/mol. The molecule has 6 atom stereocenters. The fourth-order valence-electron chi connectivity index (χ4n) is 6.31. The molecule has 6 rings (SSSR count). The molecule has 2 aromatic carbocycles. The van der Waals surface area contributed by atoms with Gasteiger partial charge in [0.25, 0.3) is 16.1 Å². The highest BCUT2D eigenvalue weighted by Gasteiger charge is 2.74. The lowest BCUT2D eigenvalue weighted by atomic mass is 9.86. The van der Waals surface area contributed by atoms with Gasteiger partial charge < -0.3 is 9.64 Å². The number of ether oxygens (including phenoxy) is 1. The van der Waals surface area contributed by atoms with Gasteiger partial charge in [-0.3, -0.25) is 4.79 Å². The van der Waals surface area contributed by atoms with Gasteiger partial charge in [-0.25, -0.2) is 13.2 Å². The van der Waals surface area contributed by atoms with Crippen LogP contribution in [0.3, 0.4) is 0 Å². The molecule has 3 saturated heterocycles. The zero-order valence-electron chi connectivity index (χ0n) is 20.5. The summed E-state index contributed by atoms with van der Waals surface area (Å²) in [7, 11) is -2.64. The quantitative estimate of drug-likeness (QED) is 0.653. The molecule has 1 saturated carbocycles. The summed E-state index contributed by atoms with van der Waals surface area (Å²) in [5.74, 6) is -2.17. The smallest absolute Gasteiger partial charge is 0.280 e. The van der Waals surface area contributed by atoms with Crippen LogP contribution >= 0.6 is 0 Å². The van der Waals surface area contributed by atoms with E-state index in [1.165, 1.54) is 46.6 Å². The molecule has 3 heterocycles. The first-order chi connectivity index (χ1) is 17.5. The van der Waals surface area contributed by atoms with Crippen molar-refractivity contribution in [3.05, 3.63) is 59.7 Å². The SMILES string of the molecule is CN1C2(C)CC2C2(F)CN(C(=O)[C@@H]3CCO3)[C@@H](Cc3cccc(-c4cccc(F)c4)c3F)[C@H]2NS1(=O)=O. The van der Waals surface area contributed by atoms with Crippen LogP contribution in [0, 0.1) is 17.6 Å². The van der Waals surface area contributed by atoms with Crippen molar-refractivity contribution in [2.45, 2.75) is 55.6 Å². The number of nitrogens with one attached hydrogen (secondary N) is 1. The number of fused-ring (bicyclic) bond motifs is 3. The second-order valence-electron chi connectivity index (χ2n) is 10.8. The molecule has 4 aliphatic rings. The van der Waals surface area contributed by atoms with Gasteiger partial charge >= 0.3 is 0 Å². The van der Waals surface area contributed by atoms with E-state index in [1.54, 1.807) is 19.1 Å². The molecule has 1 amide bonds. The normalized spacial score (nSPS) is 36.3. The zero-order valence-corrected chi connectivity index (χ0v) is 21.3. The van der Waals surface area contributed by atoms with E-state index >= 15 is 8.78 Å². The van der Waals surface area contributed by atoms with Crippen LogP contribution in [0.2, 0.25) is 0 Å². The lowest BCUT2D eigenvalue weighted by molar-refractivity contribution is -0.157. The molecule has 7 nitrogen and oxygen atoms in total. The molecule has 0 bridgehead atoms. The fourth-order valence-corrected chi connectivity index (χ4v) is 7.89. The first-order valence-corrected chi connectivity index (χ1v) is 13.8. The standard InChI is InChI=1S/C26H28F3N3O4S/c1-25-13-21(25)26(29)14-32(24(33)20-9-10-36-20)19(23(26)30-37(34,35)31(25)2)12-16-6-4-8-18(22(16)28)15-5-3-7-17(27)11-15/h3-8,11,19-21,23,30H,9-10,12-14H2,1-2H3/t19-,20-,21?,23+,25?,26?/m0/s1. The van der Waals surface area contributed by atoms with E-state index in [4.69, 9.17) is 4.74 Å². The number of hydrogen-bond donors (Lipinski definition) is 1. The average Bonchev–Trinajstić information content (AvgIpc) is 3.45. The minimum absolute atomic E-state index is 0.126. The summed E-state index contributed by atoms with van der Waals surface area (Å²) in [6.45, 7) is 1.82.